The van der Waals surface area contributed by atoms with Crippen LogP contribution < -0.4 is 21.8 Å². The second kappa shape index (κ2) is 6.63. The van der Waals surface area contributed by atoms with Crippen molar-refractivity contribution in [1.82, 2.24) is 19.5 Å². The number of hydrogen-bond acceptors (Lipinski definition) is 3. The molecule has 0 atom stereocenters. The Morgan fingerprint density at radius 1 is 1.12 bits per heavy atom. The summed E-state index contributed by atoms with van der Waals surface area (Å²) >= 11 is 0. The zero-order valence-electron chi connectivity index (χ0n) is 15.2. The van der Waals surface area contributed by atoms with Crippen molar-refractivity contribution in [3.63, 3.8) is 0 Å². The summed E-state index contributed by atoms with van der Waals surface area (Å²) in [6.07, 6.45) is 3.38. The Labute approximate surface area is 150 Å². The van der Waals surface area contributed by atoms with Crippen LogP contribution in [0.15, 0.2) is 46.2 Å². The SMILES string of the molecule is C=c1[nH]c(=O)c(=Cc2ncn(Cc3ccccc3)c2C(C)(C)C)[nH]c1=O. The number of hydrogen-bond donors (Lipinski definition) is 2. The van der Waals surface area contributed by atoms with E-state index in [9.17, 15) is 9.59 Å². The van der Waals surface area contributed by atoms with E-state index in [1.165, 1.54) is 0 Å². The summed E-state index contributed by atoms with van der Waals surface area (Å²) in [4.78, 5) is 33.4. The Balaban J connectivity index is 2.16. The van der Waals surface area contributed by atoms with E-state index in [4.69, 9.17) is 0 Å². The summed E-state index contributed by atoms with van der Waals surface area (Å²) in [5.41, 5.74) is 1.79. The van der Waals surface area contributed by atoms with Crippen LogP contribution in [0.5, 0.6) is 0 Å². The van der Waals surface area contributed by atoms with E-state index >= 15 is 0 Å². The van der Waals surface area contributed by atoms with Crippen molar-refractivity contribution in [3.8, 4) is 0 Å². The fourth-order valence-electron chi connectivity index (χ4n) is 2.97. The number of aromatic amines is 2. The Kier molecular flexibility index (Phi) is 4.50. The quantitative estimate of drug-likeness (QED) is 0.734. The number of rotatable bonds is 3. The molecule has 3 rings (SSSR count). The molecule has 0 radical (unpaired) electrons. The van der Waals surface area contributed by atoms with E-state index in [0.717, 1.165) is 11.3 Å². The molecule has 2 aromatic heterocycles. The fraction of sp³-hybridized carbons (Fsp3) is 0.250. The van der Waals surface area contributed by atoms with Crippen LogP contribution in [0.25, 0.3) is 12.7 Å². The van der Waals surface area contributed by atoms with Crippen molar-refractivity contribution in [3.05, 3.63) is 85.0 Å². The van der Waals surface area contributed by atoms with Crippen LogP contribution in [0.2, 0.25) is 0 Å². The van der Waals surface area contributed by atoms with Gasteiger partial charge in [-0.05, 0) is 11.6 Å². The number of aromatic nitrogens is 4. The Hall–Kier alpha value is -3.15. The zero-order chi connectivity index (χ0) is 18.9. The Morgan fingerprint density at radius 3 is 2.46 bits per heavy atom. The maximum Gasteiger partial charge on any atom is 0.272 e. The van der Waals surface area contributed by atoms with Gasteiger partial charge in [-0.25, -0.2) is 4.98 Å². The molecule has 2 heterocycles. The molecule has 26 heavy (non-hydrogen) atoms. The van der Waals surface area contributed by atoms with Crippen molar-refractivity contribution in [2.45, 2.75) is 32.7 Å². The lowest BCUT2D eigenvalue weighted by molar-refractivity contribution is 0.530. The minimum atomic E-state index is -0.420. The van der Waals surface area contributed by atoms with Crippen molar-refractivity contribution in [2.24, 2.45) is 0 Å². The number of H-pyrrole nitrogens is 2. The van der Waals surface area contributed by atoms with Gasteiger partial charge in [0.1, 0.15) is 5.35 Å². The van der Waals surface area contributed by atoms with Gasteiger partial charge in [-0.3, -0.25) is 9.59 Å². The van der Waals surface area contributed by atoms with Gasteiger partial charge >= 0.3 is 0 Å². The van der Waals surface area contributed by atoms with E-state index < -0.39 is 11.1 Å². The van der Waals surface area contributed by atoms with E-state index in [1.54, 1.807) is 12.4 Å². The number of imidazole rings is 1. The maximum absolute atomic E-state index is 12.1. The lowest BCUT2D eigenvalue weighted by atomic mass is 9.90. The highest BCUT2D eigenvalue weighted by Gasteiger charge is 2.23. The van der Waals surface area contributed by atoms with Crippen LogP contribution in [0.3, 0.4) is 0 Å². The molecule has 0 saturated heterocycles. The standard InChI is InChI=1S/C20H22N4O2/c1-13-18(25)23-16(19(26)22-13)10-15-17(20(2,3)4)24(12-21-15)11-14-8-6-5-7-9-14/h5-10,12H,1,11H2,2-4H3,(H,22,26)(H,23,25). The first-order chi connectivity index (χ1) is 12.3. The van der Waals surface area contributed by atoms with Gasteiger partial charge in [-0.1, -0.05) is 57.7 Å². The maximum atomic E-state index is 12.1. The minimum absolute atomic E-state index is 0.0396. The van der Waals surface area contributed by atoms with Gasteiger partial charge in [-0.2, -0.15) is 0 Å². The summed E-state index contributed by atoms with van der Waals surface area (Å²) < 4.78 is 2.07. The van der Waals surface area contributed by atoms with Gasteiger partial charge < -0.3 is 14.5 Å². The highest BCUT2D eigenvalue weighted by molar-refractivity contribution is 5.48. The van der Waals surface area contributed by atoms with Crippen molar-refractivity contribution >= 4 is 12.7 Å². The topological polar surface area (TPSA) is 83.5 Å². The van der Waals surface area contributed by atoms with Gasteiger partial charge in [0.25, 0.3) is 11.1 Å². The average molecular weight is 350 g/mol. The van der Waals surface area contributed by atoms with Crippen LogP contribution in [-0.2, 0) is 12.0 Å². The highest BCUT2D eigenvalue weighted by atomic mass is 16.1. The molecule has 0 aliphatic heterocycles. The summed E-state index contributed by atoms with van der Waals surface area (Å²) in [7, 11) is 0. The van der Waals surface area contributed by atoms with Gasteiger partial charge in [0.2, 0.25) is 0 Å². The average Bonchev–Trinajstić information content (AvgIpc) is 2.96. The molecule has 0 saturated carbocycles. The molecular formula is C20H22N4O2. The summed E-state index contributed by atoms with van der Waals surface area (Å²) in [5, 5.41) is 0.204. The molecular weight excluding hydrogens is 328 g/mol. The lowest BCUT2D eigenvalue weighted by Gasteiger charge is -2.22. The minimum Gasteiger partial charge on any atom is -0.329 e. The normalized spacial score (nSPS) is 12.5. The van der Waals surface area contributed by atoms with Gasteiger partial charge in [0.05, 0.1) is 23.1 Å². The second-order valence-corrected chi connectivity index (χ2v) is 7.29. The van der Waals surface area contributed by atoms with Crippen LogP contribution in [0.1, 0.15) is 37.7 Å². The molecule has 0 fully saturated rings. The molecule has 1 aromatic carbocycles. The third kappa shape index (κ3) is 3.59. The highest BCUT2D eigenvalue weighted by Crippen LogP contribution is 2.26. The van der Waals surface area contributed by atoms with E-state index in [-0.39, 0.29) is 16.1 Å². The molecule has 3 aromatic rings. The summed E-state index contributed by atoms with van der Waals surface area (Å²) in [5.74, 6) is 0. The molecule has 0 amide bonds. The third-order valence-electron chi connectivity index (χ3n) is 4.08. The van der Waals surface area contributed by atoms with Crippen molar-refractivity contribution in [1.29, 1.82) is 0 Å². The first kappa shape index (κ1) is 17.7. The molecule has 0 unspecified atom stereocenters. The van der Waals surface area contributed by atoms with Crippen LogP contribution >= 0.6 is 0 Å². The number of benzene rings is 1. The number of nitrogens with zero attached hydrogens (tertiary/aromatic N) is 2. The van der Waals surface area contributed by atoms with E-state index in [2.05, 4.69) is 59.0 Å². The second-order valence-electron chi connectivity index (χ2n) is 7.29. The lowest BCUT2D eigenvalue weighted by Crippen LogP contribution is -2.46. The fourth-order valence-corrected chi connectivity index (χ4v) is 2.97. The summed E-state index contributed by atoms with van der Waals surface area (Å²) in [6, 6.07) is 10.1. The molecule has 134 valence electrons. The van der Waals surface area contributed by atoms with Gasteiger partial charge in [-0.15, -0.1) is 0 Å². The zero-order valence-corrected chi connectivity index (χ0v) is 15.2. The van der Waals surface area contributed by atoms with E-state index in [0.29, 0.717) is 12.2 Å². The summed E-state index contributed by atoms with van der Waals surface area (Å²) in [6.45, 7) is 10.5. The monoisotopic (exact) mass is 350 g/mol. The van der Waals surface area contributed by atoms with Crippen LogP contribution in [0, 0.1) is 0 Å². The van der Waals surface area contributed by atoms with Crippen molar-refractivity contribution in [2.75, 3.05) is 0 Å². The largest absolute Gasteiger partial charge is 0.329 e. The smallest absolute Gasteiger partial charge is 0.272 e. The molecule has 0 aliphatic rings. The van der Waals surface area contributed by atoms with Gasteiger partial charge in [0.15, 0.2) is 0 Å². The predicted octanol–water partition coefficient (Wildman–Crippen LogP) is 0.845. The van der Waals surface area contributed by atoms with Gasteiger partial charge in [0, 0.05) is 12.0 Å². The Morgan fingerprint density at radius 2 is 1.81 bits per heavy atom. The van der Waals surface area contributed by atoms with E-state index in [1.807, 2.05) is 18.2 Å². The van der Waals surface area contributed by atoms with Crippen LogP contribution in [-0.4, -0.2) is 19.5 Å². The molecule has 6 heteroatoms. The third-order valence-corrected chi connectivity index (χ3v) is 4.08. The molecule has 2 N–H and O–H groups in total. The first-order valence-electron chi connectivity index (χ1n) is 8.38. The first-order valence-corrected chi connectivity index (χ1v) is 8.38. The molecule has 0 aliphatic carbocycles. The van der Waals surface area contributed by atoms with Crippen LogP contribution in [0.4, 0.5) is 0 Å². The molecule has 0 spiro atoms. The number of nitrogens with one attached hydrogen (secondary N) is 2. The molecule has 0 bridgehead atoms. The van der Waals surface area contributed by atoms with Crippen molar-refractivity contribution < 1.29 is 0 Å². The predicted molar refractivity (Wildman–Crippen MR) is 102 cm³/mol. The Bertz CT molecular complexity index is 1150. The molecule has 6 nitrogen and oxygen atoms in total.